The van der Waals surface area contributed by atoms with Crippen molar-refractivity contribution in [1.82, 2.24) is 4.72 Å². The van der Waals surface area contributed by atoms with Gasteiger partial charge in [-0.2, -0.15) is 0 Å². The molecular weight excluding hydrogens is 306 g/mol. The van der Waals surface area contributed by atoms with Crippen LogP contribution in [0.15, 0.2) is 29.2 Å². The molecule has 2 bridgehead atoms. The van der Waals surface area contributed by atoms with Crippen molar-refractivity contribution in [3.63, 3.8) is 0 Å². The Bertz CT molecular complexity index is 649. The Morgan fingerprint density at radius 1 is 1.19 bits per heavy atom. The van der Waals surface area contributed by atoms with Crippen LogP contribution in [0, 0.1) is 16.7 Å². The number of fused-ring (bicyclic) bond motifs is 2. The van der Waals surface area contributed by atoms with Crippen LogP contribution in [0.3, 0.4) is 0 Å². The molecule has 0 saturated heterocycles. The van der Waals surface area contributed by atoms with Crippen LogP contribution < -0.4 is 4.72 Å². The van der Waals surface area contributed by atoms with E-state index in [1.54, 1.807) is 24.3 Å². The summed E-state index contributed by atoms with van der Waals surface area (Å²) < 4.78 is 28.3. The van der Waals surface area contributed by atoms with Crippen molar-refractivity contribution in [1.29, 1.82) is 0 Å². The highest BCUT2D eigenvalue weighted by Gasteiger charge is 2.60. The smallest absolute Gasteiger partial charge is 0.207 e. The molecule has 3 nitrogen and oxygen atoms in total. The number of nitrogens with one attached hydrogen (secondary N) is 1. The number of benzene rings is 1. The standard InChI is InChI=1S/C16H22ClNO2S/c1-15(2)11-8-9-16(3,10-11)14(15)18-21(19,20)13-6-4-12(17)5-7-13/h4-7,11,14,18H,8-10H2,1-3H3/t11?,14?,16-/m1/s1. The third kappa shape index (κ3) is 2.41. The fraction of sp³-hybridized carbons (Fsp3) is 0.625. The van der Waals surface area contributed by atoms with Gasteiger partial charge in [-0.25, -0.2) is 13.1 Å². The van der Waals surface area contributed by atoms with Gasteiger partial charge in [-0.3, -0.25) is 0 Å². The van der Waals surface area contributed by atoms with E-state index in [0.717, 1.165) is 12.8 Å². The summed E-state index contributed by atoms with van der Waals surface area (Å²) in [7, 11) is -3.50. The fourth-order valence-corrected chi connectivity index (χ4v) is 6.09. The van der Waals surface area contributed by atoms with Crippen molar-refractivity contribution >= 4 is 21.6 Å². The van der Waals surface area contributed by atoms with Gasteiger partial charge in [0.05, 0.1) is 4.90 Å². The lowest BCUT2D eigenvalue weighted by Gasteiger charge is -2.42. The predicted molar refractivity (Wildman–Crippen MR) is 84.8 cm³/mol. The molecule has 2 unspecified atom stereocenters. The van der Waals surface area contributed by atoms with Gasteiger partial charge >= 0.3 is 0 Å². The molecule has 21 heavy (non-hydrogen) atoms. The topological polar surface area (TPSA) is 46.2 Å². The Labute approximate surface area is 132 Å². The van der Waals surface area contributed by atoms with E-state index in [1.807, 2.05) is 0 Å². The molecule has 1 aromatic rings. The molecule has 116 valence electrons. The maximum absolute atomic E-state index is 12.7. The van der Waals surface area contributed by atoms with E-state index < -0.39 is 10.0 Å². The summed E-state index contributed by atoms with van der Waals surface area (Å²) in [5, 5.41) is 0.543. The summed E-state index contributed by atoms with van der Waals surface area (Å²) in [4.78, 5) is 0.286. The lowest BCUT2D eigenvalue weighted by molar-refractivity contribution is 0.127. The third-order valence-electron chi connectivity index (χ3n) is 5.67. The zero-order chi connectivity index (χ0) is 15.5. The Morgan fingerprint density at radius 2 is 1.81 bits per heavy atom. The quantitative estimate of drug-likeness (QED) is 0.917. The lowest BCUT2D eigenvalue weighted by Crippen LogP contribution is -2.52. The Morgan fingerprint density at radius 3 is 2.33 bits per heavy atom. The highest BCUT2D eigenvalue weighted by Crippen LogP contribution is 2.62. The summed E-state index contributed by atoms with van der Waals surface area (Å²) in [5.74, 6) is 0.611. The number of hydrogen-bond acceptors (Lipinski definition) is 2. The second-order valence-electron chi connectivity index (χ2n) is 7.42. The number of rotatable bonds is 3. The number of sulfonamides is 1. The molecule has 0 aromatic heterocycles. The van der Waals surface area contributed by atoms with Crippen molar-refractivity contribution in [3.05, 3.63) is 29.3 Å². The maximum atomic E-state index is 12.7. The van der Waals surface area contributed by atoms with Crippen molar-refractivity contribution in [3.8, 4) is 0 Å². The van der Waals surface area contributed by atoms with Gasteiger partial charge in [-0.05, 0) is 60.3 Å². The minimum atomic E-state index is -3.50. The van der Waals surface area contributed by atoms with E-state index in [0.29, 0.717) is 10.9 Å². The molecule has 2 aliphatic rings. The van der Waals surface area contributed by atoms with Crippen molar-refractivity contribution < 1.29 is 8.42 Å². The fourth-order valence-electron chi connectivity index (χ4n) is 4.43. The molecule has 2 fully saturated rings. The summed E-state index contributed by atoms with van der Waals surface area (Å²) in [6.07, 6.45) is 3.44. The molecule has 0 spiro atoms. The van der Waals surface area contributed by atoms with Crippen molar-refractivity contribution in [2.75, 3.05) is 0 Å². The molecular formula is C16H22ClNO2S. The van der Waals surface area contributed by atoms with Crippen LogP contribution in [-0.4, -0.2) is 14.5 Å². The second kappa shape index (κ2) is 4.71. The van der Waals surface area contributed by atoms with Crippen molar-refractivity contribution in [2.45, 2.75) is 51.0 Å². The van der Waals surface area contributed by atoms with E-state index in [4.69, 9.17) is 11.6 Å². The molecule has 0 heterocycles. The highest BCUT2D eigenvalue weighted by atomic mass is 35.5. The first-order valence-electron chi connectivity index (χ1n) is 7.43. The highest BCUT2D eigenvalue weighted by molar-refractivity contribution is 7.89. The molecule has 0 aliphatic heterocycles. The van der Waals surface area contributed by atoms with Gasteiger partial charge in [0, 0.05) is 11.1 Å². The molecule has 1 aromatic carbocycles. The normalized spacial score (nSPS) is 34.3. The average molecular weight is 328 g/mol. The Kier molecular flexibility index (Phi) is 3.43. The predicted octanol–water partition coefficient (Wildman–Crippen LogP) is 3.83. The summed E-state index contributed by atoms with van der Waals surface area (Å²) in [6, 6.07) is 6.35. The van der Waals surface area contributed by atoms with Crippen LogP contribution in [0.1, 0.15) is 40.0 Å². The van der Waals surface area contributed by atoms with E-state index in [-0.39, 0.29) is 21.8 Å². The molecule has 0 amide bonds. The first-order valence-corrected chi connectivity index (χ1v) is 9.29. The zero-order valence-electron chi connectivity index (χ0n) is 12.7. The zero-order valence-corrected chi connectivity index (χ0v) is 14.3. The van der Waals surface area contributed by atoms with E-state index in [1.165, 1.54) is 6.42 Å². The van der Waals surface area contributed by atoms with E-state index >= 15 is 0 Å². The first kappa shape index (κ1) is 15.3. The molecule has 3 rings (SSSR count). The number of halogens is 1. The summed E-state index contributed by atoms with van der Waals surface area (Å²) in [5.41, 5.74) is 0.0835. The molecule has 1 N–H and O–H groups in total. The van der Waals surface area contributed by atoms with Crippen LogP contribution in [-0.2, 0) is 10.0 Å². The number of hydrogen-bond donors (Lipinski definition) is 1. The van der Waals surface area contributed by atoms with Gasteiger partial charge in [-0.1, -0.05) is 32.4 Å². The molecule has 0 radical (unpaired) electrons. The molecule has 5 heteroatoms. The van der Waals surface area contributed by atoms with Crippen LogP contribution in [0.4, 0.5) is 0 Å². The third-order valence-corrected chi connectivity index (χ3v) is 7.36. The second-order valence-corrected chi connectivity index (χ2v) is 9.57. The van der Waals surface area contributed by atoms with Gasteiger partial charge in [-0.15, -0.1) is 0 Å². The molecule has 2 aliphatic carbocycles. The van der Waals surface area contributed by atoms with Gasteiger partial charge in [0.25, 0.3) is 0 Å². The SMILES string of the molecule is CC1(C)C2CC[C@](C)(C2)C1NS(=O)(=O)c1ccc(Cl)cc1. The molecule has 2 saturated carbocycles. The minimum absolute atomic E-state index is 0.00644. The maximum Gasteiger partial charge on any atom is 0.240 e. The van der Waals surface area contributed by atoms with E-state index in [2.05, 4.69) is 25.5 Å². The monoisotopic (exact) mass is 327 g/mol. The first-order chi connectivity index (χ1) is 9.65. The molecule has 3 atom stereocenters. The van der Waals surface area contributed by atoms with Gasteiger partial charge < -0.3 is 0 Å². The average Bonchev–Trinajstić information content (AvgIpc) is 2.87. The van der Waals surface area contributed by atoms with Crippen molar-refractivity contribution in [2.24, 2.45) is 16.7 Å². The Hall–Kier alpha value is -0.580. The summed E-state index contributed by atoms with van der Waals surface area (Å²) in [6.45, 7) is 6.60. The van der Waals surface area contributed by atoms with Gasteiger partial charge in [0.1, 0.15) is 0 Å². The van der Waals surface area contributed by atoms with Crippen LogP contribution in [0.2, 0.25) is 5.02 Å². The van der Waals surface area contributed by atoms with Crippen LogP contribution in [0.25, 0.3) is 0 Å². The summed E-state index contributed by atoms with van der Waals surface area (Å²) >= 11 is 5.84. The van der Waals surface area contributed by atoms with Gasteiger partial charge in [0.2, 0.25) is 10.0 Å². The lowest BCUT2D eigenvalue weighted by atomic mass is 9.69. The van der Waals surface area contributed by atoms with Crippen LogP contribution >= 0.6 is 11.6 Å². The van der Waals surface area contributed by atoms with Gasteiger partial charge in [0.15, 0.2) is 0 Å². The largest absolute Gasteiger partial charge is 0.240 e. The van der Waals surface area contributed by atoms with Crippen LogP contribution in [0.5, 0.6) is 0 Å². The minimum Gasteiger partial charge on any atom is -0.207 e. The van der Waals surface area contributed by atoms with E-state index in [9.17, 15) is 8.42 Å². The Balaban J connectivity index is 1.91.